The van der Waals surface area contributed by atoms with Gasteiger partial charge in [-0.2, -0.15) is 0 Å². The first-order valence-electron chi connectivity index (χ1n) is 11.1. The summed E-state index contributed by atoms with van der Waals surface area (Å²) in [5.41, 5.74) is 1.04. The largest absolute Gasteiger partial charge is 0.497 e. The maximum atomic E-state index is 13.4. The van der Waals surface area contributed by atoms with E-state index in [0.29, 0.717) is 65.2 Å². The van der Waals surface area contributed by atoms with Crippen LogP contribution in [0.15, 0.2) is 24.3 Å². The van der Waals surface area contributed by atoms with Crippen LogP contribution in [-0.4, -0.2) is 77.1 Å². The van der Waals surface area contributed by atoms with Crippen molar-refractivity contribution >= 4 is 15.9 Å². The highest BCUT2D eigenvalue weighted by Gasteiger charge is 2.43. The predicted molar refractivity (Wildman–Crippen MR) is 116 cm³/mol. The van der Waals surface area contributed by atoms with Crippen molar-refractivity contribution in [1.82, 2.24) is 9.62 Å². The van der Waals surface area contributed by atoms with Gasteiger partial charge >= 0.3 is 0 Å². The molecule has 1 amide bonds. The Morgan fingerprint density at radius 3 is 2.32 bits per heavy atom. The van der Waals surface area contributed by atoms with Gasteiger partial charge in [-0.1, -0.05) is 12.1 Å². The number of sulfonamides is 1. The van der Waals surface area contributed by atoms with E-state index in [1.165, 1.54) is 0 Å². The molecule has 3 aliphatic rings. The Hall–Kier alpha value is -1.68. The zero-order valence-electron chi connectivity index (χ0n) is 18.0. The second-order valence-corrected chi connectivity index (χ2v) is 10.6. The van der Waals surface area contributed by atoms with Crippen LogP contribution in [0, 0.1) is 5.92 Å². The Balaban J connectivity index is 1.52. The molecule has 2 heterocycles. The van der Waals surface area contributed by atoms with Crippen LogP contribution in [-0.2, 0) is 24.3 Å². The second kappa shape index (κ2) is 9.85. The molecule has 1 aromatic rings. The van der Waals surface area contributed by atoms with E-state index in [0.717, 1.165) is 11.3 Å². The minimum Gasteiger partial charge on any atom is -0.497 e. The van der Waals surface area contributed by atoms with Gasteiger partial charge in [-0.3, -0.25) is 4.79 Å². The van der Waals surface area contributed by atoms with Crippen LogP contribution in [0.3, 0.4) is 0 Å². The van der Waals surface area contributed by atoms with Crippen molar-refractivity contribution < 1.29 is 27.4 Å². The Morgan fingerprint density at radius 1 is 1.03 bits per heavy atom. The first-order valence-corrected chi connectivity index (χ1v) is 12.6. The molecular weight excluding hydrogens is 420 g/mol. The van der Waals surface area contributed by atoms with Crippen molar-refractivity contribution in [1.29, 1.82) is 0 Å². The molecule has 172 valence electrons. The van der Waals surface area contributed by atoms with E-state index in [1.807, 2.05) is 29.2 Å². The minimum atomic E-state index is -3.45. The molecule has 1 aromatic carbocycles. The summed E-state index contributed by atoms with van der Waals surface area (Å²) >= 11 is 0. The topological polar surface area (TPSA) is 94.2 Å². The van der Waals surface area contributed by atoms with Gasteiger partial charge in [0.05, 0.1) is 25.6 Å². The summed E-state index contributed by atoms with van der Waals surface area (Å²) in [6, 6.07) is 7.50. The van der Waals surface area contributed by atoms with Crippen LogP contribution < -0.4 is 9.46 Å². The van der Waals surface area contributed by atoms with Gasteiger partial charge in [0.25, 0.3) is 0 Å². The number of nitrogens with zero attached hydrogens (tertiary/aromatic N) is 1. The molecule has 2 aliphatic heterocycles. The molecule has 31 heavy (non-hydrogen) atoms. The number of carbonyl (C=O) groups excluding carboxylic acids is 1. The summed E-state index contributed by atoms with van der Waals surface area (Å²) in [6.45, 7) is 3.22. The fourth-order valence-electron chi connectivity index (χ4n) is 4.96. The highest BCUT2D eigenvalue weighted by atomic mass is 32.2. The van der Waals surface area contributed by atoms with Crippen LogP contribution in [0.5, 0.6) is 5.75 Å². The highest BCUT2D eigenvalue weighted by Crippen LogP contribution is 2.42. The number of ether oxygens (including phenoxy) is 3. The molecule has 2 saturated heterocycles. The number of nitrogens with one attached hydrogen (secondary N) is 1. The lowest BCUT2D eigenvalue weighted by Crippen LogP contribution is -2.45. The third-order valence-electron chi connectivity index (χ3n) is 6.68. The summed E-state index contributed by atoms with van der Waals surface area (Å²) in [6.07, 6.45) is 2.14. The summed E-state index contributed by atoms with van der Waals surface area (Å²) in [7, 11) is -1.83. The van der Waals surface area contributed by atoms with Crippen LogP contribution in [0.1, 0.15) is 37.2 Å². The van der Waals surface area contributed by atoms with E-state index in [9.17, 15) is 13.2 Å². The zero-order chi connectivity index (χ0) is 21.8. The van der Waals surface area contributed by atoms with Gasteiger partial charge < -0.3 is 19.1 Å². The fraction of sp³-hybridized carbons (Fsp3) is 0.682. The van der Waals surface area contributed by atoms with Gasteiger partial charge in [0.15, 0.2) is 0 Å². The third-order valence-corrected chi connectivity index (χ3v) is 8.70. The highest BCUT2D eigenvalue weighted by molar-refractivity contribution is 7.90. The molecule has 1 N–H and O–H groups in total. The minimum absolute atomic E-state index is 0.0383. The van der Waals surface area contributed by atoms with Gasteiger partial charge in [-0.25, -0.2) is 13.1 Å². The molecule has 0 radical (unpaired) electrons. The van der Waals surface area contributed by atoms with Crippen molar-refractivity contribution in [2.75, 3.05) is 46.6 Å². The normalized spacial score (nSPS) is 27.9. The lowest BCUT2D eigenvalue weighted by atomic mass is 9.88. The number of methoxy groups -OCH3 is 1. The number of amides is 1. The van der Waals surface area contributed by atoms with Gasteiger partial charge in [-0.05, 0) is 49.3 Å². The van der Waals surface area contributed by atoms with Gasteiger partial charge in [0.1, 0.15) is 5.75 Å². The number of hydrogen-bond acceptors (Lipinski definition) is 6. The number of hydrogen-bond donors (Lipinski definition) is 1. The molecular formula is C22H32N2O6S. The Labute approximate surface area is 184 Å². The molecule has 0 aromatic heterocycles. The molecule has 3 fully saturated rings. The van der Waals surface area contributed by atoms with Crippen LogP contribution in [0.4, 0.5) is 0 Å². The van der Waals surface area contributed by atoms with Crippen molar-refractivity contribution in [3.63, 3.8) is 0 Å². The van der Waals surface area contributed by atoms with E-state index >= 15 is 0 Å². The molecule has 3 atom stereocenters. The average molecular weight is 453 g/mol. The van der Waals surface area contributed by atoms with Crippen molar-refractivity contribution in [3.05, 3.63) is 29.8 Å². The number of morpholine rings is 1. The SMILES string of the molecule is COc1ccc([C@H]2C[C@H](NS(=O)(=O)C3CCOCC3)C[C@@H]2C(=O)N2CCOCC2)cc1. The molecule has 1 saturated carbocycles. The lowest BCUT2D eigenvalue weighted by molar-refractivity contribution is -0.140. The number of rotatable bonds is 6. The summed E-state index contributed by atoms with van der Waals surface area (Å²) in [4.78, 5) is 15.2. The molecule has 1 aliphatic carbocycles. The van der Waals surface area contributed by atoms with Crippen LogP contribution in [0.25, 0.3) is 0 Å². The maximum absolute atomic E-state index is 13.4. The van der Waals surface area contributed by atoms with E-state index in [2.05, 4.69) is 4.72 Å². The Morgan fingerprint density at radius 2 is 1.68 bits per heavy atom. The van der Waals surface area contributed by atoms with Gasteiger partial charge in [0.2, 0.25) is 15.9 Å². The van der Waals surface area contributed by atoms with Crippen LogP contribution in [0.2, 0.25) is 0 Å². The lowest BCUT2D eigenvalue weighted by Gasteiger charge is -2.31. The molecule has 4 rings (SSSR count). The quantitative estimate of drug-likeness (QED) is 0.703. The van der Waals surface area contributed by atoms with E-state index in [-0.39, 0.29) is 23.8 Å². The van der Waals surface area contributed by atoms with E-state index in [4.69, 9.17) is 14.2 Å². The Kier molecular flexibility index (Phi) is 7.15. The first kappa shape index (κ1) is 22.5. The second-order valence-electron chi connectivity index (χ2n) is 8.57. The smallest absolute Gasteiger partial charge is 0.226 e. The molecule has 0 unspecified atom stereocenters. The van der Waals surface area contributed by atoms with Gasteiger partial charge in [0, 0.05) is 38.3 Å². The van der Waals surface area contributed by atoms with E-state index in [1.54, 1.807) is 7.11 Å². The van der Waals surface area contributed by atoms with E-state index < -0.39 is 15.3 Å². The van der Waals surface area contributed by atoms with Crippen molar-refractivity contribution in [2.45, 2.75) is 42.9 Å². The zero-order valence-corrected chi connectivity index (χ0v) is 18.8. The van der Waals surface area contributed by atoms with Crippen LogP contribution >= 0.6 is 0 Å². The predicted octanol–water partition coefficient (Wildman–Crippen LogP) is 1.51. The molecule has 0 spiro atoms. The standard InChI is InChI=1S/C22H32N2O6S/c1-28-18-4-2-16(3-5-18)20-14-17(23-31(26,27)19-6-10-29-11-7-19)15-21(20)22(25)24-8-12-30-13-9-24/h2-5,17,19-21,23H,6-15H2,1H3/t17-,20+,21-/m0/s1. The van der Waals surface area contributed by atoms with Gasteiger partial charge in [-0.15, -0.1) is 0 Å². The molecule has 0 bridgehead atoms. The fourth-order valence-corrected chi connectivity index (χ4v) is 6.62. The maximum Gasteiger partial charge on any atom is 0.226 e. The molecule has 9 heteroatoms. The summed E-state index contributed by atoms with van der Waals surface area (Å²) in [5.74, 6) is 0.559. The number of benzene rings is 1. The monoisotopic (exact) mass is 452 g/mol. The first-order chi connectivity index (χ1) is 15.0. The summed E-state index contributed by atoms with van der Waals surface area (Å²) in [5, 5.41) is -0.422. The Bertz CT molecular complexity index is 847. The average Bonchev–Trinajstić information content (AvgIpc) is 3.22. The molecule has 8 nitrogen and oxygen atoms in total. The summed E-state index contributed by atoms with van der Waals surface area (Å²) < 4.78 is 44.8. The third kappa shape index (κ3) is 5.22. The van der Waals surface area contributed by atoms with Crippen molar-refractivity contribution in [2.24, 2.45) is 5.92 Å². The number of carbonyl (C=O) groups is 1. The van der Waals surface area contributed by atoms with Crippen molar-refractivity contribution in [3.8, 4) is 5.75 Å².